The Bertz CT molecular complexity index is 594. The quantitative estimate of drug-likeness (QED) is 0.794. The zero-order valence-corrected chi connectivity index (χ0v) is 12.4. The Kier molecular flexibility index (Phi) is 4.60. The second-order valence-electron chi connectivity index (χ2n) is 4.96. The van der Waals surface area contributed by atoms with E-state index in [2.05, 4.69) is 4.98 Å². The van der Waals surface area contributed by atoms with Crippen molar-refractivity contribution in [3.05, 3.63) is 29.0 Å². The SMILES string of the molecule is CN(C(=O)c1ccnc(Cl)c1)[C@H]1CCN(CC(F)(F)F)C1=O. The summed E-state index contributed by atoms with van der Waals surface area (Å²) in [5, 5.41) is 0.121. The topological polar surface area (TPSA) is 53.5 Å². The van der Waals surface area contributed by atoms with Crippen molar-refractivity contribution < 1.29 is 22.8 Å². The molecule has 0 aliphatic carbocycles. The number of amides is 2. The fourth-order valence-corrected chi connectivity index (χ4v) is 2.51. The van der Waals surface area contributed by atoms with Crippen LogP contribution in [0, 0.1) is 0 Å². The number of likely N-dealkylation sites (tertiary alicyclic amines) is 1. The molecule has 1 aromatic heterocycles. The monoisotopic (exact) mass is 335 g/mol. The van der Waals surface area contributed by atoms with Crippen LogP contribution in [-0.2, 0) is 4.79 Å². The van der Waals surface area contributed by atoms with Gasteiger partial charge in [0.25, 0.3) is 5.91 Å². The lowest BCUT2D eigenvalue weighted by atomic mass is 10.1. The van der Waals surface area contributed by atoms with E-state index in [1.807, 2.05) is 0 Å². The number of hydrogen-bond donors (Lipinski definition) is 0. The maximum atomic E-state index is 12.4. The van der Waals surface area contributed by atoms with Gasteiger partial charge in [-0.1, -0.05) is 11.6 Å². The van der Waals surface area contributed by atoms with Gasteiger partial charge in [0.2, 0.25) is 5.91 Å². The summed E-state index contributed by atoms with van der Waals surface area (Å²) in [4.78, 5) is 29.9. The van der Waals surface area contributed by atoms with E-state index in [1.54, 1.807) is 0 Å². The smallest absolute Gasteiger partial charge is 0.332 e. The Morgan fingerprint density at radius 1 is 1.55 bits per heavy atom. The third kappa shape index (κ3) is 3.68. The maximum Gasteiger partial charge on any atom is 0.406 e. The minimum Gasteiger partial charge on any atom is -0.332 e. The molecule has 0 spiro atoms. The molecule has 9 heteroatoms. The van der Waals surface area contributed by atoms with E-state index >= 15 is 0 Å². The van der Waals surface area contributed by atoms with Crippen molar-refractivity contribution in [1.29, 1.82) is 0 Å². The Morgan fingerprint density at radius 3 is 2.82 bits per heavy atom. The molecular weight excluding hydrogens is 323 g/mol. The highest BCUT2D eigenvalue weighted by Gasteiger charge is 2.41. The Balaban J connectivity index is 2.09. The lowest BCUT2D eigenvalue weighted by Crippen LogP contribution is -2.44. The van der Waals surface area contributed by atoms with Crippen LogP contribution >= 0.6 is 11.6 Å². The van der Waals surface area contributed by atoms with Crippen molar-refractivity contribution in [2.75, 3.05) is 20.1 Å². The van der Waals surface area contributed by atoms with Gasteiger partial charge in [-0.15, -0.1) is 0 Å². The summed E-state index contributed by atoms with van der Waals surface area (Å²) in [5.41, 5.74) is 0.226. The highest BCUT2D eigenvalue weighted by atomic mass is 35.5. The van der Waals surface area contributed by atoms with E-state index in [1.165, 1.54) is 25.4 Å². The van der Waals surface area contributed by atoms with Crippen LogP contribution in [0.1, 0.15) is 16.8 Å². The van der Waals surface area contributed by atoms with Crippen molar-refractivity contribution in [2.45, 2.75) is 18.6 Å². The molecule has 1 aromatic rings. The van der Waals surface area contributed by atoms with Crippen LogP contribution in [0.5, 0.6) is 0 Å². The molecular formula is C13H13ClF3N3O2. The molecule has 22 heavy (non-hydrogen) atoms. The second-order valence-corrected chi connectivity index (χ2v) is 5.35. The van der Waals surface area contributed by atoms with Gasteiger partial charge in [-0.2, -0.15) is 13.2 Å². The molecule has 0 saturated carbocycles. The summed E-state index contributed by atoms with van der Waals surface area (Å²) < 4.78 is 37.1. The van der Waals surface area contributed by atoms with E-state index < -0.39 is 30.6 Å². The molecule has 120 valence electrons. The number of alkyl halides is 3. The van der Waals surface area contributed by atoms with E-state index in [9.17, 15) is 22.8 Å². The minimum atomic E-state index is -4.45. The van der Waals surface area contributed by atoms with Crippen LogP contribution in [0.4, 0.5) is 13.2 Å². The van der Waals surface area contributed by atoms with Crippen LogP contribution in [0.15, 0.2) is 18.3 Å². The number of halogens is 4. The van der Waals surface area contributed by atoms with Crippen LogP contribution < -0.4 is 0 Å². The Hall–Kier alpha value is -1.83. The van der Waals surface area contributed by atoms with Crippen LogP contribution in [0.25, 0.3) is 0 Å². The van der Waals surface area contributed by atoms with Crippen LogP contribution in [0.2, 0.25) is 5.15 Å². The fraction of sp³-hybridized carbons (Fsp3) is 0.462. The zero-order valence-electron chi connectivity index (χ0n) is 11.6. The Labute approximate surface area is 129 Å². The summed E-state index contributed by atoms with van der Waals surface area (Å²) in [7, 11) is 1.39. The zero-order chi connectivity index (χ0) is 16.5. The molecule has 1 aliphatic heterocycles. The van der Waals surface area contributed by atoms with Gasteiger partial charge in [-0.05, 0) is 18.6 Å². The summed E-state index contributed by atoms with van der Waals surface area (Å²) in [6.07, 6.45) is -2.95. The maximum absolute atomic E-state index is 12.4. The summed E-state index contributed by atoms with van der Waals surface area (Å²) in [6, 6.07) is 1.87. The lowest BCUT2D eigenvalue weighted by Gasteiger charge is -2.24. The van der Waals surface area contributed by atoms with E-state index in [4.69, 9.17) is 11.6 Å². The first-order valence-electron chi connectivity index (χ1n) is 6.43. The number of rotatable bonds is 3. The van der Waals surface area contributed by atoms with Gasteiger partial charge >= 0.3 is 6.18 Å². The first-order chi connectivity index (χ1) is 10.2. The largest absolute Gasteiger partial charge is 0.406 e. The minimum absolute atomic E-state index is 0.0300. The van der Waals surface area contributed by atoms with Crippen molar-refractivity contribution >= 4 is 23.4 Å². The molecule has 1 saturated heterocycles. The molecule has 1 fully saturated rings. The van der Waals surface area contributed by atoms with Crippen molar-refractivity contribution in [2.24, 2.45) is 0 Å². The molecule has 0 N–H and O–H groups in total. The van der Waals surface area contributed by atoms with Gasteiger partial charge in [0.1, 0.15) is 17.7 Å². The van der Waals surface area contributed by atoms with E-state index in [-0.39, 0.29) is 23.7 Å². The molecule has 0 bridgehead atoms. The molecule has 0 radical (unpaired) electrons. The van der Waals surface area contributed by atoms with Gasteiger partial charge in [-0.25, -0.2) is 4.98 Å². The van der Waals surface area contributed by atoms with Gasteiger partial charge in [0, 0.05) is 25.4 Å². The third-order valence-corrected chi connectivity index (χ3v) is 3.61. The van der Waals surface area contributed by atoms with Crippen LogP contribution in [0.3, 0.4) is 0 Å². The molecule has 1 aliphatic rings. The number of nitrogens with zero attached hydrogens (tertiary/aromatic N) is 3. The standard InChI is InChI=1S/C13H13ClF3N3O2/c1-19(11(21)8-2-4-18-10(14)6-8)9-3-5-20(12(9)22)7-13(15,16)17/h2,4,6,9H,3,5,7H2,1H3/t9-/m0/s1. The number of pyridine rings is 1. The molecule has 1 atom stereocenters. The number of aromatic nitrogens is 1. The second kappa shape index (κ2) is 6.12. The summed E-state index contributed by atoms with van der Waals surface area (Å²) in [5.74, 6) is -1.19. The Morgan fingerprint density at radius 2 is 2.23 bits per heavy atom. The lowest BCUT2D eigenvalue weighted by molar-refractivity contribution is -0.158. The average Bonchev–Trinajstić information content (AvgIpc) is 2.77. The normalized spacial score (nSPS) is 18.7. The highest BCUT2D eigenvalue weighted by Crippen LogP contribution is 2.23. The van der Waals surface area contributed by atoms with Gasteiger partial charge in [0.05, 0.1) is 0 Å². The third-order valence-electron chi connectivity index (χ3n) is 3.40. The molecule has 2 rings (SSSR count). The summed E-state index contributed by atoms with van der Waals surface area (Å²) >= 11 is 5.70. The highest BCUT2D eigenvalue weighted by molar-refractivity contribution is 6.29. The predicted octanol–water partition coefficient (Wildman–Crippen LogP) is 1.97. The number of hydrogen-bond acceptors (Lipinski definition) is 3. The van der Waals surface area contributed by atoms with E-state index in [0.29, 0.717) is 4.90 Å². The summed E-state index contributed by atoms with van der Waals surface area (Å²) in [6.45, 7) is -1.33. The molecule has 0 aromatic carbocycles. The van der Waals surface area contributed by atoms with Gasteiger partial charge < -0.3 is 9.80 Å². The van der Waals surface area contributed by atoms with Crippen LogP contribution in [-0.4, -0.2) is 59.0 Å². The molecule has 5 nitrogen and oxygen atoms in total. The first kappa shape index (κ1) is 16.5. The van der Waals surface area contributed by atoms with Crippen molar-refractivity contribution in [1.82, 2.24) is 14.8 Å². The number of carbonyl (C=O) groups excluding carboxylic acids is 2. The molecule has 0 unspecified atom stereocenters. The van der Waals surface area contributed by atoms with Crippen molar-refractivity contribution in [3.8, 4) is 0 Å². The number of carbonyl (C=O) groups is 2. The average molecular weight is 336 g/mol. The van der Waals surface area contributed by atoms with Gasteiger partial charge in [0.15, 0.2) is 0 Å². The van der Waals surface area contributed by atoms with E-state index in [0.717, 1.165) is 4.90 Å². The van der Waals surface area contributed by atoms with Gasteiger partial charge in [-0.3, -0.25) is 9.59 Å². The molecule has 2 heterocycles. The fourth-order valence-electron chi connectivity index (χ4n) is 2.34. The number of likely N-dealkylation sites (N-methyl/N-ethyl adjacent to an activating group) is 1. The first-order valence-corrected chi connectivity index (χ1v) is 6.81. The van der Waals surface area contributed by atoms with Crippen molar-refractivity contribution in [3.63, 3.8) is 0 Å². The predicted molar refractivity (Wildman–Crippen MR) is 72.4 cm³/mol. The molecule has 2 amide bonds.